The number of carbonyl (C=O) groups is 1. The Balaban J connectivity index is 2.24. The standard InChI is InChI=1S/C19H18F3NO2/c1-2-3-11-18(12-7-9-13(24)10-8-12)14-5-4-6-15(19(20,21)22)16(14)23-17(18)25/h4-10,24H,2-3,11H2,1H3,(H,23,25). The highest BCUT2D eigenvalue weighted by Crippen LogP contribution is 2.50. The highest BCUT2D eigenvalue weighted by atomic mass is 19.4. The van der Waals surface area contributed by atoms with Crippen LogP contribution in [0.15, 0.2) is 42.5 Å². The number of amides is 1. The summed E-state index contributed by atoms with van der Waals surface area (Å²) in [5.74, 6) is -0.421. The van der Waals surface area contributed by atoms with Crippen LogP contribution in [0.1, 0.15) is 42.9 Å². The number of alkyl halides is 3. The van der Waals surface area contributed by atoms with Crippen molar-refractivity contribution in [2.75, 3.05) is 5.32 Å². The Morgan fingerprint density at radius 2 is 1.80 bits per heavy atom. The van der Waals surface area contributed by atoms with Gasteiger partial charge in [0.05, 0.1) is 11.3 Å². The highest BCUT2D eigenvalue weighted by Gasteiger charge is 2.50. The fourth-order valence-electron chi connectivity index (χ4n) is 3.49. The monoisotopic (exact) mass is 349 g/mol. The molecular formula is C19H18F3NO2. The zero-order valence-corrected chi connectivity index (χ0v) is 13.7. The maximum absolute atomic E-state index is 13.3. The highest BCUT2D eigenvalue weighted by molar-refractivity contribution is 6.09. The lowest BCUT2D eigenvalue weighted by Crippen LogP contribution is -2.35. The van der Waals surface area contributed by atoms with E-state index in [1.165, 1.54) is 18.2 Å². The van der Waals surface area contributed by atoms with Crippen molar-refractivity contribution in [3.05, 3.63) is 59.2 Å². The predicted octanol–water partition coefficient (Wildman–Crippen LogP) is 4.84. The van der Waals surface area contributed by atoms with Gasteiger partial charge in [-0.1, -0.05) is 44.0 Å². The zero-order chi connectivity index (χ0) is 18.2. The van der Waals surface area contributed by atoms with Crippen LogP contribution in [0.2, 0.25) is 0 Å². The number of rotatable bonds is 4. The van der Waals surface area contributed by atoms with Crippen LogP contribution in [0, 0.1) is 0 Å². The summed E-state index contributed by atoms with van der Waals surface area (Å²) in [6, 6.07) is 9.98. The molecule has 0 bridgehead atoms. The van der Waals surface area contributed by atoms with Crippen molar-refractivity contribution < 1.29 is 23.1 Å². The number of aromatic hydroxyl groups is 1. The maximum atomic E-state index is 13.3. The van der Waals surface area contributed by atoms with Gasteiger partial charge in [-0.2, -0.15) is 13.2 Å². The van der Waals surface area contributed by atoms with Gasteiger partial charge in [0, 0.05) is 0 Å². The zero-order valence-electron chi connectivity index (χ0n) is 13.7. The lowest BCUT2D eigenvalue weighted by atomic mass is 9.71. The Morgan fingerprint density at radius 3 is 2.40 bits per heavy atom. The van der Waals surface area contributed by atoms with Crippen LogP contribution in [0.25, 0.3) is 0 Å². The fraction of sp³-hybridized carbons (Fsp3) is 0.316. The minimum Gasteiger partial charge on any atom is -0.508 e. The molecule has 132 valence electrons. The van der Waals surface area contributed by atoms with Gasteiger partial charge < -0.3 is 10.4 Å². The molecule has 2 N–H and O–H groups in total. The number of phenolic OH excluding ortho intramolecular Hbond substituents is 1. The first-order chi connectivity index (χ1) is 11.8. The van der Waals surface area contributed by atoms with E-state index in [2.05, 4.69) is 5.32 Å². The summed E-state index contributed by atoms with van der Waals surface area (Å²) >= 11 is 0. The van der Waals surface area contributed by atoms with Gasteiger partial charge in [-0.3, -0.25) is 4.79 Å². The van der Waals surface area contributed by atoms with E-state index in [4.69, 9.17) is 0 Å². The summed E-state index contributed by atoms with van der Waals surface area (Å²) in [5.41, 5.74) is -1.26. The number of phenols is 1. The number of nitrogens with one attached hydrogen (secondary N) is 1. The molecule has 0 saturated heterocycles. The molecule has 1 aliphatic rings. The second kappa shape index (κ2) is 6.10. The van der Waals surface area contributed by atoms with Crippen molar-refractivity contribution in [3.63, 3.8) is 0 Å². The Bertz CT molecular complexity index is 799. The Hall–Kier alpha value is -2.50. The van der Waals surface area contributed by atoms with E-state index in [1.807, 2.05) is 6.92 Å². The SMILES string of the molecule is CCCCC1(c2ccc(O)cc2)C(=O)Nc2c(C(F)(F)F)cccc21. The summed E-state index contributed by atoms with van der Waals surface area (Å²) < 4.78 is 40.0. The van der Waals surface area contributed by atoms with E-state index in [0.717, 1.165) is 12.5 Å². The molecule has 0 saturated carbocycles. The average Bonchev–Trinajstić information content (AvgIpc) is 2.85. The van der Waals surface area contributed by atoms with Gasteiger partial charge in [0.15, 0.2) is 0 Å². The lowest BCUT2D eigenvalue weighted by molar-refractivity contribution is -0.136. The minimum absolute atomic E-state index is 0.0389. The molecule has 2 aromatic carbocycles. The molecule has 3 nitrogen and oxygen atoms in total. The van der Waals surface area contributed by atoms with E-state index in [-0.39, 0.29) is 11.4 Å². The van der Waals surface area contributed by atoms with Gasteiger partial charge in [-0.15, -0.1) is 0 Å². The van der Waals surface area contributed by atoms with Crippen molar-refractivity contribution >= 4 is 11.6 Å². The molecule has 1 heterocycles. The van der Waals surface area contributed by atoms with Crippen LogP contribution < -0.4 is 5.32 Å². The first-order valence-corrected chi connectivity index (χ1v) is 8.12. The second-order valence-electron chi connectivity index (χ2n) is 6.24. The van der Waals surface area contributed by atoms with Crippen molar-refractivity contribution in [1.82, 2.24) is 0 Å². The molecule has 0 radical (unpaired) electrons. The summed E-state index contributed by atoms with van der Waals surface area (Å²) in [6.07, 6.45) is -2.66. The van der Waals surface area contributed by atoms with E-state index in [0.29, 0.717) is 24.0 Å². The molecule has 3 rings (SSSR count). The molecule has 0 aliphatic carbocycles. The van der Waals surface area contributed by atoms with Crippen LogP contribution in [-0.2, 0) is 16.4 Å². The third kappa shape index (κ3) is 2.75. The van der Waals surface area contributed by atoms with Gasteiger partial charge in [0.2, 0.25) is 5.91 Å². The molecule has 25 heavy (non-hydrogen) atoms. The van der Waals surface area contributed by atoms with Crippen LogP contribution in [0.4, 0.5) is 18.9 Å². The first kappa shape index (κ1) is 17.3. The summed E-state index contributed by atoms with van der Waals surface area (Å²) in [4.78, 5) is 12.9. The Morgan fingerprint density at radius 1 is 1.12 bits per heavy atom. The van der Waals surface area contributed by atoms with Crippen LogP contribution in [0.3, 0.4) is 0 Å². The summed E-state index contributed by atoms with van der Waals surface area (Å²) in [6.45, 7) is 1.96. The molecule has 1 aliphatic heterocycles. The molecule has 0 fully saturated rings. The van der Waals surface area contributed by atoms with Crippen LogP contribution >= 0.6 is 0 Å². The van der Waals surface area contributed by atoms with Crippen LogP contribution in [0.5, 0.6) is 5.75 Å². The smallest absolute Gasteiger partial charge is 0.418 e. The number of unbranched alkanes of at least 4 members (excludes halogenated alkanes) is 1. The van der Waals surface area contributed by atoms with Gasteiger partial charge in [-0.05, 0) is 35.7 Å². The largest absolute Gasteiger partial charge is 0.508 e. The molecule has 2 aromatic rings. The number of anilines is 1. The second-order valence-corrected chi connectivity index (χ2v) is 6.24. The van der Waals surface area contributed by atoms with Gasteiger partial charge in [0.1, 0.15) is 11.2 Å². The number of carbonyl (C=O) groups excluding carboxylic acids is 1. The third-order valence-corrected chi connectivity index (χ3v) is 4.72. The molecule has 6 heteroatoms. The maximum Gasteiger partial charge on any atom is 0.418 e. The average molecular weight is 349 g/mol. The predicted molar refractivity (Wildman–Crippen MR) is 88.5 cm³/mol. The molecular weight excluding hydrogens is 331 g/mol. The molecule has 0 spiro atoms. The van der Waals surface area contributed by atoms with E-state index >= 15 is 0 Å². The van der Waals surface area contributed by atoms with Crippen molar-refractivity contribution in [2.45, 2.75) is 37.8 Å². The number of para-hydroxylation sites is 1. The van der Waals surface area contributed by atoms with Crippen LogP contribution in [-0.4, -0.2) is 11.0 Å². The van der Waals surface area contributed by atoms with Gasteiger partial charge >= 0.3 is 6.18 Å². The van der Waals surface area contributed by atoms with Crippen molar-refractivity contribution in [2.24, 2.45) is 0 Å². The molecule has 1 unspecified atom stereocenters. The van der Waals surface area contributed by atoms with Gasteiger partial charge in [-0.25, -0.2) is 0 Å². The Kier molecular flexibility index (Phi) is 4.22. The van der Waals surface area contributed by atoms with E-state index < -0.39 is 23.1 Å². The van der Waals surface area contributed by atoms with E-state index in [1.54, 1.807) is 18.2 Å². The molecule has 1 atom stereocenters. The summed E-state index contributed by atoms with van der Waals surface area (Å²) in [7, 11) is 0. The fourth-order valence-corrected chi connectivity index (χ4v) is 3.49. The Labute approximate surface area is 143 Å². The summed E-state index contributed by atoms with van der Waals surface area (Å²) in [5, 5.41) is 12.0. The minimum atomic E-state index is -4.55. The lowest BCUT2D eigenvalue weighted by Gasteiger charge is -2.28. The number of benzene rings is 2. The van der Waals surface area contributed by atoms with E-state index in [9.17, 15) is 23.1 Å². The topological polar surface area (TPSA) is 49.3 Å². The van der Waals surface area contributed by atoms with Crippen molar-refractivity contribution in [1.29, 1.82) is 0 Å². The molecule has 0 aromatic heterocycles. The normalized spacial score (nSPS) is 19.6. The number of hydrogen-bond acceptors (Lipinski definition) is 2. The molecule has 1 amide bonds. The first-order valence-electron chi connectivity index (χ1n) is 8.12. The number of halogens is 3. The number of hydrogen-bond donors (Lipinski definition) is 2. The third-order valence-electron chi connectivity index (χ3n) is 4.72. The van der Waals surface area contributed by atoms with Crippen molar-refractivity contribution in [3.8, 4) is 5.75 Å². The van der Waals surface area contributed by atoms with Gasteiger partial charge in [0.25, 0.3) is 0 Å². The quantitative estimate of drug-likeness (QED) is 0.830. The number of fused-ring (bicyclic) bond motifs is 1.